The number of pyridine rings is 1. The number of fused-ring (bicyclic) bond motifs is 1. The molecule has 0 aliphatic carbocycles. The van der Waals surface area contributed by atoms with Crippen LogP contribution >= 0.6 is 11.6 Å². The maximum Gasteiger partial charge on any atom is 0.471 e. The molecular formula is C19H15ClF3N5O2S. The molecule has 4 aromatic rings. The van der Waals surface area contributed by atoms with E-state index in [0.29, 0.717) is 27.7 Å². The Morgan fingerprint density at radius 1 is 1.19 bits per heavy atom. The predicted octanol–water partition coefficient (Wildman–Crippen LogP) is 5.29. The van der Waals surface area contributed by atoms with Crippen LogP contribution in [-0.2, 0) is 21.7 Å². The number of imidazole rings is 1. The molecule has 31 heavy (non-hydrogen) atoms. The fourth-order valence-electron chi connectivity index (χ4n) is 2.96. The Hall–Kier alpha value is -2.92. The number of nitrogens with zero attached hydrogens (tertiary/aromatic N) is 5. The molecular weight excluding hydrogens is 455 g/mol. The SMILES string of the molecule is Cc1nc2cc(-c3noc(C(F)(F)F)n3)ccn2c1N=S(C)(=O)Cc1ccc(Cl)cc1. The van der Waals surface area contributed by atoms with Crippen molar-refractivity contribution in [3.05, 3.63) is 64.8 Å². The van der Waals surface area contributed by atoms with Gasteiger partial charge in [0.15, 0.2) is 5.82 Å². The van der Waals surface area contributed by atoms with Gasteiger partial charge in [0.2, 0.25) is 5.82 Å². The molecule has 0 radical (unpaired) electrons. The molecule has 3 aromatic heterocycles. The molecule has 0 spiro atoms. The van der Waals surface area contributed by atoms with Gasteiger partial charge >= 0.3 is 12.1 Å². The molecule has 1 aromatic carbocycles. The summed E-state index contributed by atoms with van der Waals surface area (Å²) in [6, 6.07) is 10.0. The lowest BCUT2D eigenvalue weighted by molar-refractivity contribution is -0.159. The van der Waals surface area contributed by atoms with Gasteiger partial charge in [-0.05, 0) is 36.8 Å². The van der Waals surface area contributed by atoms with Crippen molar-refractivity contribution in [2.24, 2.45) is 4.36 Å². The van der Waals surface area contributed by atoms with Gasteiger partial charge in [-0.2, -0.15) is 22.5 Å². The van der Waals surface area contributed by atoms with Crippen LogP contribution < -0.4 is 0 Å². The Kier molecular flexibility index (Phi) is 5.26. The van der Waals surface area contributed by atoms with Crippen molar-refractivity contribution in [3.63, 3.8) is 0 Å². The summed E-state index contributed by atoms with van der Waals surface area (Å²) in [7, 11) is -2.65. The van der Waals surface area contributed by atoms with Crippen LogP contribution in [0.1, 0.15) is 17.1 Å². The Balaban J connectivity index is 1.70. The molecule has 0 aliphatic heterocycles. The largest absolute Gasteiger partial charge is 0.471 e. The molecule has 0 aliphatic rings. The van der Waals surface area contributed by atoms with Crippen molar-refractivity contribution in [1.29, 1.82) is 0 Å². The second-order valence-electron chi connectivity index (χ2n) is 6.91. The third kappa shape index (κ3) is 4.57. The Morgan fingerprint density at radius 3 is 2.55 bits per heavy atom. The van der Waals surface area contributed by atoms with Gasteiger partial charge in [-0.1, -0.05) is 28.9 Å². The van der Waals surface area contributed by atoms with E-state index in [1.807, 2.05) is 0 Å². The number of benzene rings is 1. The summed E-state index contributed by atoms with van der Waals surface area (Å²) in [4.78, 5) is 7.76. The zero-order valence-corrected chi connectivity index (χ0v) is 17.8. The molecule has 0 amide bonds. The fraction of sp³-hybridized carbons (Fsp3) is 0.211. The molecule has 7 nitrogen and oxygen atoms in total. The minimum atomic E-state index is -4.73. The van der Waals surface area contributed by atoms with Crippen molar-refractivity contribution in [2.75, 3.05) is 6.26 Å². The molecule has 0 saturated carbocycles. The summed E-state index contributed by atoms with van der Waals surface area (Å²) in [5.41, 5.74) is 2.04. The van der Waals surface area contributed by atoms with Crippen molar-refractivity contribution in [3.8, 4) is 11.4 Å². The quantitative estimate of drug-likeness (QED) is 0.405. The Bertz CT molecular complexity index is 1390. The smallest absolute Gasteiger partial charge is 0.329 e. The lowest BCUT2D eigenvalue weighted by Crippen LogP contribution is -2.04. The fourth-order valence-corrected chi connectivity index (χ4v) is 4.55. The number of aryl methyl sites for hydroxylation is 1. The second-order valence-corrected chi connectivity index (χ2v) is 9.73. The van der Waals surface area contributed by atoms with Crippen LogP contribution in [0.15, 0.2) is 51.5 Å². The van der Waals surface area contributed by atoms with Gasteiger partial charge in [-0.3, -0.25) is 4.40 Å². The Labute approximate surface area is 180 Å². The minimum Gasteiger partial charge on any atom is -0.329 e. The van der Waals surface area contributed by atoms with Gasteiger partial charge in [0, 0.05) is 23.0 Å². The normalized spacial score (nSPS) is 14.0. The predicted molar refractivity (Wildman–Crippen MR) is 110 cm³/mol. The van der Waals surface area contributed by atoms with Crippen molar-refractivity contribution >= 4 is 32.8 Å². The van der Waals surface area contributed by atoms with Crippen LogP contribution in [-0.4, -0.2) is 30.0 Å². The maximum absolute atomic E-state index is 13.1. The first-order valence-corrected chi connectivity index (χ1v) is 11.3. The maximum atomic E-state index is 13.1. The van der Waals surface area contributed by atoms with Gasteiger partial charge in [0.25, 0.3) is 0 Å². The minimum absolute atomic E-state index is 0.212. The zero-order valence-electron chi connectivity index (χ0n) is 16.2. The number of alkyl halides is 3. The molecule has 0 bridgehead atoms. The summed E-state index contributed by atoms with van der Waals surface area (Å²) in [6.07, 6.45) is -1.62. The van der Waals surface area contributed by atoms with Crippen LogP contribution in [0.2, 0.25) is 5.02 Å². The van der Waals surface area contributed by atoms with E-state index in [1.165, 1.54) is 12.1 Å². The highest BCUT2D eigenvalue weighted by molar-refractivity contribution is 7.92. The van der Waals surface area contributed by atoms with Crippen LogP contribution in [0.3, 0.4) is 0 Å². The van der Waals surface area contributed by atoms with Crippen molar-refractivity contribution < 1.29 is 21.9 Å². The van der Waals surface area contributed by atoms with Gasteiger partial charge in [0.05, 0.1) is 21.2 Å². The molecule has 0 fully saturated rings. The average Bonchev–Trinajstić information content (AvgIpc) is 3.28. The molecule has 0 N–H and O–H groups in total. The highest BCUT2D eigenvalue weighted by atomic mass is 35.5. The molecule has 12 heteroatoms. The summed E-state index contributed by atoms with van der Waals surface area (Å²) < 4.78 is 61.5. The number of aromatic nitrogens is 4. The first kappa shape index (κ1) is 21.3. The van der Waals surface area contributed by atoms with E-state index in [0.717, 1.165) is 5.56 Å². The molecule has 3 heterocycles. The highest BCUT2D eigenvalue weighted by Gasteiger charge is 2.38. The summed E-state index contributed by atoms with van der Waals surface area (Å²) >= 11 is 5.89. The summed E-state index contributed by atoms with van der Waals surface area (Å²) in [5, 5.41) is 3.96. The lowest BCUT2D eigenvalue weighted by atomic mass is 10.2. The standard InChI is InChI=1S/C19H15ClF3N5O2S/c1-11-17(27-31(2,29)10-12-3-5-14(20)6-4-12)28-8-7-13(9-15(28)24-11)16-25-18(30-26-16)19(21,22)23/h3-9H,10H2,1-2H3. The van der Waals surface area contributed by atoms with Crippen molar-refractivity contribution in [1.82, 2.24) is 19.5 Å². The zero-order chi connectivity index (χ0) is 22.4. The number of hydrogen-bond acceptors (Lipinski definition) is 6. The number of rotatable bonds is 4. The van der Waals surface area contributed by atoms with Crippen LogP contribution in [0, 0.1) is 6.92 Å². The molecule has 162 valence electrons. The summed E-state index contributed by atoms with van der Waals surface area (Å²) in [5.74, 6) is -1.02. The first-order chi connectivity index (χ1) is 14.5. The van der Waals surface area contributed by atoms with Gasteiger partial charge < -0.3 is 4.52 Å². The van der Waals surface area contributed by atoms with E-state index in [-0.39, 0.29) is 11.6 Å². The van der Waals surface area contributed by atoms with Gasteiger partial charge in [0.1, 0.15) is 5.65 Å². The Morgan fingerprint density at radius 2 is 1.90 bits per heavy atom. The second kappa shape index (κ2) is 7.65. The third-order valence-corrected chi connectivity index (χ3v) is 6.00. The van der Waals surface area contributed by atoms with E-state index in [2.05, 4.69) is 24.0 Å². The molecule has 0 saturated heterocycles. The average molecular weight is 470 g/mol. The van der Waals surface area contributed by atoms with Crippen molar-refractivity contribution in [2.45, 2.75) is 18.9 Å². The van der Waals surface area contributed by atoms with E-state index >= 15 is 0 Å². The van der Waals surface area contributed by atoms with E-state index < -0.39 is 21.8 Å². The molecule has 4 rings (SSSR count). The van der Waals surface area contributed by atoms with Crippen LogP contribution in [0.25, 0.3) is 17.0 Å². The number of halogens is 4. The summed E-state index contributed by atoms with van der Waals surface area (Å²) in [6.45, 7) is 1.71. The van der Waals surface area contributed by atoms with E-state index in [4.69, 9.17) is 11.6 Å². The van der Waals surface area contributed by atoms with E-state index in [1.54, 1.807) is 48.0 Å². The van der Waals surface area contributed by atoms with Crippen LogP contribution in [0.5, 0.6) is 0 Å². The third-order valence-electron chi connectivity index (χ3n) is 4.32. The molecule has 1 atom stereocenters. The van der Waals surface area contributed by atoms with Crippen LogP contribution in [0.4, 0.5) is 19.0 Å². The molecule has 1 unspecified atom stereocenters. The monoisotopic (exact) mass is 469 g/mol. The van der Waals surface area contributed by atoms with Gasteiger partial charge in [-0.25, -0.2) is 9.19 Å². The lowest BCUT2D eigenvalue weighted by Gasteiger charge is -2.06. The van der Waals surface area contributed by atoms with Gasteiger partial charge in [-0.15, -0.1) is 0 Å². The number of hydrogen-bond donors (Lipinski definition) is 0. The topological polar surface area (TPSA) is 85.7 Å². The van der Waals surface area contributed by atoms with E-state index in [9.17, 15) is 17.4 Å². The first-order valence-electron chi connectivity index (χ1n) is 8.86. The highest BCUT2D eigenvalue weighted by Crippen LogP contribution is 2.30.